The fraction of sp³-hybridized carbons (Fsp3) is 0.556. The maximum Gasteiger partial charge on any atom is 2.00 e. The van der Waals surface area contributed by atoms with Gasteiger partial charge in [-0.25, -0.2) is 4.98 Å². The monoisotopic (exact) mass is 895 g/mol. The third kappa shape index (κ3) is 11.6. The Balaban J connectivity index is 0.00000793. The summed E-state index contributed by atoms with van der Waals surface area (Å²) in [5, 5.41) is 0. The standard InChI is InChI=1S/C54H71N4O6.Mg/c1-12-38-34(7)42-27-46-40(29-59)36(9)41(56-46)26-43-35(8)39(51(57-43)49-50(54(62)63-11)53(61)48-37(10)44(58-52(48)49)28-45(38)55-42)22-23-47(60)64-25-24-33(6)21-15-20-32(5)19-14-18-31(4)17-13-16-30(2)3;/h24,26-32,35,39,50H,12-23,25H2,1-11H3,(H-,55,56,57,58,59,61);/q-1;+2/p-1/b33-24+;/t31-,32-,35+,39+,50+;/m1./s1. The second kappa shape index (κ2) is 22.9. The van der Waals surface area contributed by atoms with Gasteiger partial charge in [0.2, 0.25) is 0 Å². The van der Waals surface area contributed by atoms with Gasteiger partial charge in [-0.15, -0.1) is 22.1 Å². The summed E-state index contributed by atoms with van der Waals surface area (Å²) in [5.74, 6) is -0.961. The van der Waals surface area contributed by atoms with E-state index in [0.717, 1.165) is 47.8 Å². The molecule has 65 heavy (non-hydrogen) atoms. The summed E-state index contributed by atoms with van der Waals surface area (Å²) in [6.45, 7) is 21.5. The van der Waals surface area contributed by atoms with Crippen molar-refractivity contribution in [3.63, 3.8) is 0 Å². The molecule has 0 aromatic carbocycles. The molecule has 3 aromatic heterocycles. The van der Waals surface area contributed by atoms with Crippen molar-refractivity contribution in [1.82, 2.24) is 19.9 Å². The number of ketones is 1. The van der Waals surface area contributed by atoms with Gasteiger partial charge in [0.1, 0.15) is 18.8 Å². The van der Waals surface area contributed by atoms with Gasteiger partial charge in [0.25, 0.3) is 0 Å². The molecule has 0 saturated carbocycles. The molecule has 10 nitrogen and oxygen atoms in total. The van der Waals surface area contributed by atoms with E-state index in [1.165, 1.54) is 57.6 Å². The summed E-state index contributed by atoms with van der Waals surface area (Å²) < 4.78 is 11.0. The Morgan fingerprint density at radius 1 is 0.846 bits per heavy atom. The van der Waals surface area contributed by atoms with Gasteiger partial charge in [0.15, 0.2) is 5.78 Å². The molecule has 0 spiro atoms. The molecule has 2 aliphatic heterocycles. The Morgan fingerprint density at radius 2 is 1.49 bits per heavy atom. The number of Topliss-reactive ketones (excluding diaryl/α,β-unsaturated/α-hetero) is 1. The number of nitrogens with zero attached hydrogens (tertiary/aromatic N) is 4. The fourth-order valence-corrected chi connectivity index (χ4v) is 9.97. The van der Waals surface area contributed by atoms with Crippen LogP contribution >= 0.6 is 0 Å². The Labute approximate surface area is 402 Å². The van der Waals surface area contributed by atoms with Crippen molar-refractivity contribution in [3.8, 4) is 0 Å². The molecule has 344 valence electrons. The number of aromatic nitrogens is 4. The van der Waals surface area contributed by atoms with E-state index in [1.807, 2.05) is 52.0 Å². The third-order valence-corrected chi connectivity index (χ3v) is 14.1. The zero-order valence-electron chi connectivity index (χ0n) is 41.0. The zero-order valence-corrected chi connectivity index (χ0v) is 42.4. The van der Waals surface area contributed by atoms with Crippen LogP contribution in [0.3, 0.4) is 0 Å². The number of rotatable bonds is 20. The maximum atomic E-state index is 14.3. The molecule has 0 saturated heterocycles. The number of hydrogen-bond acceptors (Lipinski definition) is 8. The van der Waals surface area contributed by atoms with Crippen LogP contribution in [0.1, 0.15) is 210 Å². The van der Waals surface area contributed by atoms with Crippen molar-refractivity contribution in [2.45, 2.75) is 164 Å². The molecule has 11 heteroatoms. The van der Waals surface area contributed by atoms with Crippen LogP contribution in [0, 0.1) is 31.6 Å². The van der Waals surface area contributed by atoms with Crippen molar-refractivity contribution < 1.29 is 28.7 Å². The second-order valence-electron chi connectivity index (χ2n) is 19.3. The van der Waals surface area contributed by atoms with Crippen molar-refractivity contribution in [2.75, 3.05) is 13.7 Å². The molecule has 1 aliphatic carbocycles. The number of fused-ring (bicyclic) bond motifs is 8. The van der Waals surface area contributed by atoms with Crippen LogP contribution in [-0.4, -0.2) is 70.7 Å². The summed E-state index contributed by atoms with van der Waals surface area (Å²) in [6.07, 6.45) is 15.2. The smallest absolute Gasteiger partial charge is 0.657 e. The third-order valence-electron chi connectivity index (χ3n) is 14.1. The summed E-state index contributed by atoms with van der Waals surface area (Å²) in [6, 6.07) is 5.63. The summed E-state index contributed by atoms with van der Waals surface area (Å²) in [4.78, 5) is 74.0. The number of ether oxygens (including phenoxy) is 2. The summed E-state index contributed by atoms with van der Waals surface area (Å²) in [5.41, 5.74) is 10.6. The van der Waals surface area contributed by atoms with Crippen molar-refractivity contribution in [2.24, 2.45) is 17.8 Å². The Hall–Kier alpha value is -4.35. The van der Waals surface area contributed by atoms with E-state index >= 15 is 0 Å². The number of aryl methyl sites for hydroxylation is 2. The van der Waals surface area contributed by atoms with Crippen molar-refractivity contribution in [3.05, 3.63) is 80.4 Å². The fourth-order valence-electron chi connectivity index (χ4n) is 9.97. The summed E-state index contributed by atoms with van der Waals surface area (Å²) >= 11 is 0. The van der Waals surface area contributed by atoms with Gasteiger partial charge in [-0.3, -0.25) is 24.2 Å². The first-order chi connectivity index (χ1) is 30.6. The zero-order chi connectivity index (χ0) is 46.4. The minimum atomic E-state index is -1.25. The molecule has 8 bridgehead atoms. The molecule has 5 heterocycles. The van der Waals surface area contributed by atoms with Gasteiger partial charge in [-0.05, 0) is 93.9 Å². The molecule has 6 rings (SSSR count). The minimum Gasteiger partial charge on any atom is -0.657 e. The average molecular weight is 895 g/mol. The molecule has 0 N–H and O–H groups in total. The molecule has 0 amide bonds. The van der Waals surface area contributed by atoms with Crippen LogP contribution in [0.25, 0.3) is 33.2 Å². The number of esters is 2. The number of carbonyl (C=O) groups excluding carboxylic acids is 4. The normalized spacial score (nSPS) is 17.9. The Kier molecular flexibility index (Phi) is 18.2. The average Bonchev–Trinajstić information content (AvgIpc) is 3.99. The molecule has 0 fully saturated rings. The van der Waals surface area contributed by atoms with Crippen LogP contribution in [0.5, 0.6) is 0 Å². The quantitative estimate of drug-likeness (QED) is 0.0354. The first-order valence-corrected chi connectivity index (χ1v) is 23.8. The largest absolute Gasteiger partial charge is 2.00 e. The van der Waals surface area contributed by atoms with E-state index in [9.17, 15) is 19.2 Å². The number of aldehydes is 1. The van der Waals surface area contributed by atoms with Gasteiger partial charge in [-0.1, -0.05) is 121 Å². The van der Waals surface area contributed by atoms with E-state index in [2.05, 4.69) is 41.5 Å². The number of methoxy groups -OCH3 is 1. The topological polar surface area (TPSA) is 141 Å². The summed E-state index contributed by atoms with van der Waals surface area (Å²) in [7, 11) is 1.28. The van der Waals surface area contributed by atoms with Crippen LogP contribution in [0.4, 0.5) is 0 Å². The van der Waals surface area contributed by atoms with E-state index in [-0.39, 0.29) is 59.7 Å². The van der Waals surface area contributed by atoms with Gasteiger partial charge in [0.05, 0.1) is 18.5 Å². The van der Waals surface area contributed by atoms with E-state index in [4.69, 9.17) is 29.4 Å². The van der Waals surface area contributed by atoms with Gasteiger partial charge in [-0.2, -0.15) is 0 Å². The second-order valence-corrected chi connectivity index (χ2v) is 19.3. The van der Waals surface area contributed by atoms with Crippen LogP contribution in [0.2, 0.25) is 0 Å². The maximum absolute atomic E-state index is 14.3. The van der Waals surface area contributed by atoms with Gasteiger partial charge >= 0.3 is 35.0 Å². The van der Waals surface area contributed by atoms with Crippen LogP contribution in [0.15, 0.2) is 29.8 Å². The van der Waals surface area contributed by atoms with Gasteiger partial charge < -0.3 is 19.4 Å². The van der Waals surface area contributed by atoms with Crippen LogP contribution in [-0.2, 0) is 19.1 Å². The van der Waals surface area contributed by atoms with Crippen LogP contribution < -0.4 is 9.97 Å². The first-order valence-electron chi connectivity index (χ1n) is 23.8. The number of allylic oxidation sites excluding steroid dienone is 3. The predicted molar refractivity (Wildman–Crippen MR) is 261 cm³/mol. The first kappa shape index (κ1) is 51.6. The molecule has 0 radical (unpaired) electrons. The Bertz CT molecular complexity index is 2490. The SMILES string of the molecule is CCC1=C(C)c2cc3[n-]c(cc4nc(c5c6[n-]c(cc1n2)c(C)c6C(=O)[C@H]5C(=O)OC)[C@@H](CCC(=O)OC/C=C(\C)CCC[C@H](C)CCC[C@H](C)CCCC(C)C)[C@@H]4C)c(C)c3C=O.[Mg+2]. The van der Waals surface area contributed by atoms with Gasteiger partial charge in [0, 0.05) is 40.8 Å². The van der Waals surface area contributed by atoms with E-state index < -0.39 is 11.9 Å². The molecule has 3 aromatic rings. The molecule has 0 unspecified atom stereocenters. The molecular weight excluding hydrogens is 825 g/mol. The molecule has 5 atom stereocenters. The van der Waals surface area contributed by atoms with Crippen molar-refractivity contribution in [1.29, 1.82) is 0 Å². The molecular formula is C54H70MgN4O6. The Morgan fingerprint density at radius 3 is 2.14 bits per heavy atom. The predicted octanol–water partition coefficient (Wildman–Crippen LogP) is 12.0. The van der Waals surface area contributed by atoms with E-state index in [0.29, 0.717) is 85.7 Å². The number of hydrogen-bond donors (Lipinski definition) is 0. The molecule has 3 aliphatic rings. The minimum absolute atomic E-state index is 0. The number of carbonyl (C=O) groups is 4. The van der Waals surface area contributed by atoms with Crippen molar-refractivity contribution >= 4 is 80.3 Å². The van der Waals surface area contributed by atoms with E-state index in [1.54, 1.807) is 0 Å².